The predicted molar refractivity (Wildman–Crippen MR) is 148 cm³/mol. The molecule has 3 fully saturated rings. The number of aromatic nitrogens is 2. The number of rotatable bonds is 9. The summed E-state index contributed by atoms with van der Waals surface area (Å²) < 4.78 is 42.4. The van der Waals surface area contributed by atoms with Crippen LogP contribution < -0.4 is 10.1 Å². The van der Waals surface area contributed by atoms with Gasteiger partial charge in [-0.05, 0) is 31.7 Å². The number of amides is 1. The molecule has 0 radical (unpaired) electrons. The van der Waals surface area contributed by atoms with E-state index in [-0.39, 0.29) is 29.4 Å². The number of pyridine rings is 1. The van der Waals surface area contributed by atoms with E-state index in [1.165, 1.54) is 23.5 Å². The molecule has 212 valence electrons. The van der Waals surface area contributed by atoms with Gasteiger partial charge in [-0.2, -0.15) is 0 Å². The average molecular weight is 588 g/mol. The molecule has 3 saturated heterocycles. The van der Waals surface area contributed by atoms with Crippen LogP contribution in [-0.4, -0.2) is 98.9 Å². The summed E-state index contributed by atoms with van der Waals surface area (Å²) in [6.45, 7) is 3.24. The molecule has 0 spiro atoms. The fourth-order valence-corrected chi connectivity index (χ4v) is 7.07. The lowest BCUT2D eigenvalue weighted by molar-refractivity contribution is -0.110. The van der Waals surface area contributed by atoms with Gasteiger partial charge in [-0.15, -0.1) is 0 Å². The van der Waals surface area contributed by atoms with Crippen molar-refractivity contribution in [3.8, 4) is 5.88 Å². The number of carbonyl (C=O) groups is 1. The molecule has 0 unspecified atom stereocenters. The number of anilines is 1. The fourth-order valence-electron chi connectivity index (χ4n) is 4.66. The van der Waals surface area contributed by atoms with E-state index in [0.717, 1.165) is 13.1 Å². The van der Waals surface area contributed by atoms with Crippen molar-refractivity contribution < 1.29 is 32.3 Å². The normalized spacial score (nSPS) is 22.4. The number of likely N-dealkylation sites (N-methyl/N-ethyl adjacent to an activating group) is 1. The van der Waals surface area contributed by atoms with E-state index in [4.69, 9.17) is 19.0 Å². The maximum atomic E-state index is 13.4. The largest absolute Gasteiger partial charge is 0.472 e. The number of hydrogen-bond donors (Lipinski definition) is 1. The number of fused-ring (bicyclic) bond motifs is 1. The number of ether oxygens (including phenoxy) is 3. The summed E-state index contributed by atoms with van der Waals surface area (Å²) >= 11 is 1.22. The summed E-state index contributed by atoms with van der Waals surface area (Å²) in [6, 6.07) is 9.64. The van der Waals surface area contributed by atoms with Gasteiger partial charge in [0.2, 0.25) is 5.88 Å². The number of likely N-dealkylation sites (tertiary alicyclic amines) is 1. The van der Waals surface area contributed by atoms with Gasteiger partial charge in [0.05, 0.1) is 30.0 Å². The molecule has 1 N–H and O–H groups in total. The summed E-state index contributed by atoms with van der Waals surface area (Å²) in [5.74, 6) is -0.0347. The molecule has 2 aromatic heterocycles. The highest BCUT2D eigenvalue weighted by molar-refractivity contribution is 7.92. The molecule has 0 bridgehead atoms. The molecule has 3 aliphatic rings. The Labute approximate surface area is 235 Å². The number of hydrogen-bond acceptors (Lipinski definition) is 12. The Hall–Kier alpha value is -3.17. The molecule has 5 heterocycles. The quantitative estimate of drug-likeness (QED) is 0.292. The SMILES string of the molecule is CN1CC(Oc2ccc3nc(NC(=O)C(=NO[C@@H]4CCOC4)c4ccc(S(=O)(=O)[C@H]5CCOC5)cc4)sc3n2)C1. The fraction of sp³-hybridized carbons (Fsp3) is 0.462. The predicted octanol–water partition coefficient (Wildman–Crippen LogP) is 2.10. The molecule has 3 aliphatic heterocycles. The van der Waals surface area contributed by atoms with Gasteiger partial charge in [-0.1, -0.05) is 28.6 Å². The highest BCUT2D eigenvalue weighted by Crippen LogP contribution is 2.28. The number of nitrogens with zero attached hydrogens (tertiary/aromatic N) is 4. The van der Waals surface area contributed by atoms with Crippen LogP contribution in [0.4, 0.5) is 5.13 Å². The van der Waals surface area contributed by atoms with Crippen LogP contribution in [0.15, 0.2) is 46.4 Å². The van der Waals surface area contributed by atoms with E-state index < -0.39 is 21.0 Å². The van der Waals surface area contributed by atoms with Crippen molar-refractivity contribution in [1.82, 2.24) is 14.9 Å². The first-order valence-corrected chi connectivity index (χ1v) is 15.4. The second-order valence-corrected chi connectivity index (χ2v) is 13.2. The molecule has 14 heteroatoms. The number of thiazole rings is 1. The highest BCUT2D eigenvalue weighted by Gasteiger charge is 2.31. The third-order valence-electron chi connectivity index (χ3n) is 6.95. The van der Waals surface area contributed by atoms with Crippen molar-refractivity contribution in [2.75, 3.05) is 51.9 Å². The Morgan fingerprint density at radius 2 is 1.82 bits per heavy atom. The molecule has 2 atom stereocenters. The molecule has 3 aromatic rings. The zero-order chi connectivity index (χ0) is 27.7. The number of sulfone groups is 1. The smallest absolute Gasteiger partial charge is 0.280 e. The van der Waals surface area contributed by atoms with Gasteiger partial charge in [0, 0.05) is 37.7 Å². The van der Waals surface area contributed by atoms with Crippen LogP contribution in [0.1, 0.15) is 18.4 Å². The summed E-state index contributed by atoms with van der Waals surface area (Å²) in [4.78, 5) is 31.0. The van der Waals surface area contributed by atoms with Gasteiger partial charge in [-0.25, -0.2) is 18.4 Å². The van der Waals surface area contributed by atoms with E-state index in [2.05, 4.69) is 25.3 Å². The topological polar surface area (TPSA) is 142 Å². The molecule has 6 rings (SSSR count). The summed E-state index contributed by atoms with van der Waals surface area (Å²) in [5, 5.41) is 6.71. The van der Waals surface area contributed by atoms with Crippen molar-refractivity contribution in [1.29, 1.82) is 0 Å². The first kappa shape index (κ1) is 27.0. The van der Waals surface area contributed by atoms with E-state index in [1.807, 2.05) is 7.05 Å². The number of benzene rings is 1. The van der Waals surface area contributed by atoms with Gasteiger partial charge in [-0.3, -0.25) is 15.0 Å². The van der Waals surface area contributed by atoms with E-state index in [0.29, 0.717) is 59.6 Å². The van der Waals surface area contributed by atoms with Crippen LogP contribution in [0.3, 0.4) is 0 Å². The summed E-state index contributed by atoms with van der Waals surface area (Å²) in [7, 11) is -1.51. The van der Waals surface area contributed by atoms with Crippen LogP contribution in [0.2, 0.25) is 0 Å². The Morgan fingerprint density at radius 3 is 2.52 bits per heavy atom. The third kappa shape index (κ3) is 5.81. The van der Waals surface area contributed by atoms with E-state index in [1.54, 1.807) is 24.3 Å². The minimum absolute atomic E-state index is 0.00890. The second kappa shape index (κ2) is 11.4. The molecular weight excluding hydrogens is 558 g/mol. The maximum absolute atomic E-state index is 13.4. The van der Waals surface area contributed by atoms with Crippen LogP contribution in [-0.2, 0) is 28.9 Å². The Kier molecular flexibility index (Phi) is 7.68. The zero-order valence-corrected chi connectivity index (χ0v) is 23.4. The maximum Gasteiger partial charge on any atom is 0.280 e. The van der Waals surface area contributed by atoms with Gasteiger partial charge in [0.15, 0.2) is 26.8 Å². The minimum Gasteiger partial charge on any atom is -0.472 e. The number of oxime groups is 1. The first-order valence-electron chi connectivity index (χ1n) is 13.0. The minimum atomic E-state index is -3.54. The van der Waals surface area contributed by atoms with Crippen molar-refractivity contribution in [3.05, 3.63) is 42.0 Å². The Bertz CT molecular complexity index is 1510. The summed E-state index contributed by atoms with van der Waals surface area (Å²) in [5.41, 5.74) is 1.02. The van der Waals surface area contributed by atoms with Crippen LogP contribution in [0.5, 0.6) is 5.88 Å². The monoisotopic (exact) mass is 587 g/mol. The standard InChI is InChI=1S/C26H29N5O7S2/c1-31-12-18(13-31)37-22-7-6-21-25(28-22)39-26(27-21)29-24(32)23(30-38-17-8-10-35-14-17)16-2-4-19(5-3-16)40(33,34)20-9-11-36-15-20/h2-7,17-18,20H,8-15H2,1H3,(H,27,29,32)/t17-,20+/m1/s1. The van der Waals surface area contributed by atoms with Gasteiger partial charge in [0.1, 0.15) is 16.5 Å². The molecule has 12 nitrogen and oxygen atoms in total. The molecule has 1 amide bonds. The van der Waals surface area contributed by atoms with E-state index in [9.17, 15) is 13.2 Å². The lowest BCUT2D eigenvalue weighted by Gasteiger charge is -2.35. The molecule has 0 saturated carbocycles. The van der Waals surface area contributed by atoms with Gasteiger partial charge in [0.25, 0.3) is 5.91 Å². The lowest BCUT2D eigenvalue weighted by Crippen LogP contribution is -2.51. The van der Waals surface area contributed by atoms with Crippen molar-refractivity contribution >= 4 is 48.3 Å². The first-order chi connectivity index (χ1) is 19.3. The van der Waals surface area contributed by atoms with Crippen LogP contribution >= 0.6 is 11.3 Å². The molecule has 0 aliphatic carbocycles. The summed E-state index contributed by atoms with van der Waals surface area (Å²) in [6.07, 6.45) is 0.952. The zero-order valence-electron chi connectivity index (χ0n) is 21.8. The highest BCUT2D eigenvalue weighted by atomic mass is 32.2. The molecular formula is C26H29N5O7S2. The second-order valence-electron chi connectivity index (χ2n) is 9.99. The van der Waals surface area contributed by atoms with E-state index >= 15 is 0 Å². The van der Waals surface area contributed by atoms with Crippen molar-refractivity contribution in [2.45, 2.75) is 35.2 Å². The van der Waals surface area contributed by atoms with Crippen molar-refractivity contribution in [3.63, 3.8) is 0 Å². The van der Waals surface area contributed by atoms with Crippen LogP contribution in [0, 0.1) is 0 Å². The molecule has 40 heavy (non-hydrogen) atoms. The van der Waals surface area contributed by atoms with Crippen molar-refractivity contribution in [2.24, 2.45) is 5.16 Å². The Balaban J connectivity index is 1.21. The van der Waals surface area contributed by atoms with Crippen LogP contribution in [0.25, 0.3) is 10.3 Å². The van der Waals surface area contributed by atoms with Gasteiger partial charge >= 0.3 is 0 Å². The average Bonchev–Trinajstić information content (AvgIpc) is 3.70. The third-order valence-corrected chi connectivity index (χ3v) is 10.0. The lowest BCUT2D eigenvalue weighted by atomic mass is 10.1. The molecule has 1 aromatic carbocycles. The number of carbonyl (C=O) groups excluding carboxylic acids is 1. The number of nitrogens with one attached hydrogen (secondary N) is 1. The van der Waals surface area contributed by atoms with Gasteiger partial charge < -0.3 is 19.0 Å². The Morgan fingerprint density at radius 1 is 1.05 bits per heavy atom.